The van der Waals surface area contributed by atoms with E-state index in [0.29, 0.717) is 17.8 Å². The van der Waals surface area contributed by atoms with Gasteiger partial charge in [-0.1, -0.05) is 41.0 Å². The van der Waals surface area contributed by atoms with Crippen LogP contribution in [0.3, 0.4) is 0 Å². The summed E-state index contributed by atoms with van der Waals surface area (Å²) in [7, 11) is -0.0948. The summed E-state index contributed by atoms with van der Waals surface area (Å²) in [6.45, 7) is 0. The number of benzene rings is 2. The molecule has 1 heterocycles. The summed E-state index contributed by atoms with van der Waals surface area (Å²) in [5.74, 6) is 1.57. The van der Waals surface area contributed by atoms with E-state index in [0.717, 1.165) is 11.5 Å². The predicted molar refractivity (Wildman–Crippen MR) is 88.9 cm³/mol. The smallest absolute Gasteiger partial charge is 0.196 e. The van der Waals surface area contributed by atoms with Crippen molar-refractivity contribution in [2.75, 3.05) is 0 Å². The third kappa shape index (κ3) is 4.57. The Kier molecular flexibility index (Phi) is 5.73. The molecule has 0 bridgehead atoms. The molecule has 0 aliphatic carbocycles. The molecule has 3 unspecified atom stereocenters. The molecule has 1 aliphatic heterocycles. The van der Waals surface area contributed by atoms with Crippen molar-refractivity contribution in [3.8, 4) is 11.5 Å². The van der Waals surface area contributed by atoms with E-state index in [2.05, 4.69) is 15.0 Å². The summed E-state index contributed by atoms with van der Waals surface area (Å²) >= 11 is 0. The summed E-state index contributed by atoms with van der Waals surface area (Å²) in [6.07, 6.45) is 0. The molecule has 3 rings (SSSR count). The molecule has 0 aromatic heterocycles. The van der Waals surface area contributed by atoms with Crippen LogP contribution in [0.2, 0.25) is 0 Å². The molecule has 0 saturated carbocycles. The van der Waals surface area contributed by atoms with Gasteiger partial charge in [-0.15, -0.1) is 5.25 Å². The molecule has 21 heavy (non-hydrogen) atoms. The maximum absolute atomic E-state index is 5.87. The molecule has 1 fully saturated rings. The lowest BCUT2D eigenvalue weighted by molar-refractivity contribution is 0.131. The van der Waals surface area contributed by atoms with Crippen LogP contribution in [0.1, 0.15) is 0 Å². The molecule has 3 atom stereocenters. The fourth-order valence-corrected chi connectivity index (χ4v) is 5.86. The minimum absolute atomic E-state index is 0.363. The Hall–Kier alpha value is -0.830. The highest BCUT2D eigenvalue weighted by atomic mass is 31.2. The molecule has 1 saturated heterocycles. The average Bonchev–Trinajstić information content (AvgIpc) is 2.56. The fraction of sp³-hybridized carbons (Fsp3) is 0. The van der Waals surface area contributed by atoms with Gasteiger partial charge in [-0.3, -0.25) is 4.86 Å². The second kappa shape index (κ2) is 7.98. The van der Waals surface area contributed by atoms with Crippen molar-refractivity contribution < 1.29 is 9.68 Å². The fourth-order valence-electron chi connectivity index (χ4n) is 1.54. The Bertz CT molecular complexity index is 549. The Labute approximate surface area is 128 Å². The zero-order valence-electron chi connectivity index (χ0n) is 11.0. The second-order valence-electron chi connectivity index (χ2n) is 3.97. The number of para-hydroxylation sites is 2. The maximum Gasteiger partial charge on any atom is 0.196 e. The highest BCUT2D eigenvalue weighted by molar-refractivity contribution is 7.71. The average molecular weight is 340 g/mol. The Morgan fingerprint density at radius 2 is 1.62 bits per heavy atom. The van der Waals surface area contributed by atoms with Gasteiger partial charge in [0.05, 0.1) is 8.88 Å². The molecule has 3 N–H and O–H groups in total. The van der Waals surface area contributed by atoms with E-state index >= 15 is 0 Å². The normalized spacial score (nSPS) is 21.4. The first-order valence-electron chi connectivity index (χ1n) is 6.24. The number of hydrogen-bond acceptors (Lipinski definition) is 6. The molecule has 110 valence electrons. The first-order chi connectivity index (χ1) is 10.4. The van der Waals surface area contributed by atoms with E-state index in [9.17, 15) is 0 Å². The van der Waals surface area contributed by atoms with Gasteiger partial charge in [0.25, 0.3) is 0 Å². The molecule has 2 aromatic rings. The van der Waals surface area contributed by atoms with Crippen molar-refractivity contribution >= 4 is 26.1 Å². The SMILES string of the molecule is c1ccc(ONP2NPNPN2Oc2ccccc2)cc1. The summed E-state index contributed by atoms with van der Waals surface area (Å²) in [6, 6.07) is 19.3. The van der Waals surface area contributed by atoms with E-state index in [4.69, 9.17) is 9.68 Å². The lowest BCUT2D eigenvalue weighted by Crippen LogP contribution is -2.33. The Morgan fingerprint density at radius 1 is 0.952 bits per heavy atom. The quantitative estimate of drug-likeness (QED) is 0.574. The lowest BCUT2D eigenvalue weighted by atomic mass is 10.3. The van der Waals surface area contributed by atoms with Gasteiger partial charge in [0.1, 0.15) is 11.5 Å². The van der Waals surface area contributed by atoms with E-state index in [1.807, 2.05) is 65.3 Å². The standard InChI is InChI=1S/C12H15N4O2P3/c1-3-7-11(8-4-1)17-13-21-15-19-14-20-16(21)18-12-9-5-2-6-10-12/h1-10,13-15,19-20H. The summed E-state index contributed by atoms with van der Waals surface area (Å²) in [5, 5.41) is 3.04. The topological polar surface area (TPSA) is 57.8 Å². The van der Waals surface area contributed by atoms with Gasteiger partial charge >= 0.3 is 0 Å². The van der Waals surface area contributed by atoms with Crippen LogP contribution in [-0.4, -0.2) is 4.60 Å². The molecular formula is C12H15N4O2P3. The Balaban J connectivity index is 1.59. The van der Waals surface area contributed by atoms with Crippen LogP contribution < -0.4 is 24.6 Å². The Morgan fingerprint density at radius 3 is 2.33 bits per heavy atom. The number of nitrogens with zero attached hydrogens (tertiary/aromatic N) is 1. The van der Waals surface area contributed by atoms with Crippen molar-refractivity contribution in [2.24, 2.45) is 0 Å². The van der Waals surface area contributed by atoms with Crippen LogP contribution in [0.15, 0.2) is 60.7 Å². The van der Waals surface area contributed by atoms with E-state index in [1.165, 1.54) is 0 Å². The lowest BCUT2D eigenvalue weighted by Gasteiger charge is -2.33. The highest BCUT2D eigenvalue weighted by Gasteiger charge is 2.25. The minimum atomic E-state index is -0.931. The molecule has 9 heteroatoms. The summed E-state index contributed by atoms with van der Waals surface area (Å²) < 4.78 is 1.84. The summed E-state index contributed by atoms with van der Waals surface area (Å²) in [5.41, 5.74) is 0. The van der Waals surface area contributed by atoms with Crippen molar-refractivity contribution in [3.63, 3.8) is 0 Å². The van der Waals surface area contributed by atoms with Gasteiger partial charge in [-0.2, -0.15) is 0 Å². The first-order valence-corrected chi connectivity index (χ1v) is 9.48. The van der Waals surface area contributed by atoms with Crippen molar-refractivity contribution in [3.05, 3.63) is 60.7 Å². The zero-order valence-corrected chi connectivity index (χ0v) is 13.9. The molecular weight excluding hydrogens is 325 g/mol. The van der Waals surface area contributed by atoms with Crippen molar-refractivity contribution in [2.45, 2.75) is 0 Å². The van der Waals surface area contributed by atoms with Crippen LogP contribution in [0.4, 0.5) is 0 Å². The van der Waals surface area contributed by atoms with E-state index in [-0.39, 0.29) is 0 Å². The molecule has 0 amide bonds. The van der Waals surface area contributed by atoms with Crippen LogP contribution in [0.5, 0.6) is 11.5 Å². The van der Waals surface area contributed by atoms with E-state index < -0.39 is 8.37 Å². The van der Waals surface area contributed by atoms with Crippen LogP contribution in [0.25, 0.3) is 0 Å². The van der Waals surface area contributed by atoms with Gasteiger partial charge in [0, 0.05) is 8.88 Å². The zero-order chi connectivity index (χ0) is 14.3. The van der Waals surface area contributed by atoms with Gasteiger partial charge in [0.2, 0.25) is 0 Å². The van der Waals surface area contributed by atoms with Gasteiger partial charge in [0.15, 0.2) is 8.37 Å². The van der Waals surface area contributed by atoms with Crippen LogP contribution >= 0.6 is 26.1 Å². The van der Waals surface area contributed by atoms with Gasteiger partial charge < -0.3 is 9.68 Å². The molecule has 2 aromatic carbocycles. The summed E-state index contributed by atoms with van der Waals surface area (Å²) in [4.78, 5) is 18.0. The minimum Gasteiger partial charge on any atom is -0.402 e. The molecule has 1 aliphatic rings. The third-order valence-corrected chi connectivity index (χ3v) is 6.62. The largest absolute Gasteiger partial charge is 0.402 e. The van der Waals surface area contributed by atoms with Crippen molar-refractivity contribution in [1.82, 2.24) is 19.6 Å². The number of rotatable bonds is 5. The maximum atomic E-state index is 5.87. The van der Waals surface area contributed by atoms with Crippen molar-refractivity contribution in [1.29, 1.82) is 0 Å². The second-order valence-corrected chi connectivity index (χ2v) is 8.29. The molecule has 0 radical (unpaired) electrons. The molecule has 0 spiro atoms. The molecule has 6 nitrogen and oxygen atoms in total. The first kappa shape index (κ1) is 15.1. The highest BCUT2D eigenvalue weighted by Crippen LogP contribution is 2.47. The number of hydrogen-bond donors (Lipinski definition) is 3. The third-order valence-electron chi connectivity index (χ3n) is 2.49. The van der Waals surface area contributed by atoms with Gasteiger partial charge in [-0.05, 0) is 24.3 Å². The van der Waals surface area contributed by atoms with E-state index in [1.54, 1.807) is 0 Å². The van der Waals surface area contributed by atoms with Crippen LogP contribution in [-0.2, 0) is 0 Å². The monoisotopic (exact) mass is 340 g/mol. The predicted octanol–water partition coefficient (Wildman–Crippen LogP) is 3.30. The number of nitrogens with one attached hydrogen (secondary N) is 3. The van der Waals surface area contributed by atoms with Gasteiger partial charge in [-0.25, -0.2) is 4.86 Å². The van der Waals surface area contributed by atoms with Crippen LogP contribution in [0, 0.1) is 0 Å².